The fourth-order valence-corrected chi connectivity index (χ4v) is 2.11. The summed E-state index contributed by atoms with van der Waals surface area (Å²) in [6.45, 7) is 8.00. The van der Waals surface area contributed by atoms with Crippen LogP contribution in [0.1, 0.15) is 27.7 Å². The molecule has 2 aromatic carbocycles. The summed E-state index contributed by atoms with van der Waals surface area (Å²) in [6.07, 6.45) is 0. The highest BCUT2D eigenvalue weighted by Gasteiger charge is 2.05. The molecule has 0 heterocycles. The summed E-state index contributed by atoms with van der Waals surface area (Å²) in [6, 6.07) is 11.5. The van der Waals surface area contributed by atoms with E-state index in [0.29, 0.717) is 5.39 Å². The highest BCUT2D eigenvalue weighted by atomic mass is 32.2. The van der Waals surface area contributed by atoms with Gasteiger partial charge in [-0.1, -0.05) is 64.1 Å². The molecule has 4 heteroatoms. The molecule has 2 aromatic rings. The Kier molecular flexibility index (Phi) is 7.24. The SMILES string of the molecule is CC.CC.O=S(=O)([O-])c1cccc2ccccc12. The van der Waals surface area contributed by atoms with Crippen LogP contribution >= 0.6 is 0 Å². The zero-order valence-corrected chi connectivity index (χ0v) is 12.0. The fourth-order valence-electron chi connectivity index (χ4n) is 1.41. The number of benzene rings is 2. The summed E-state index contributed by atoms with van der Waals surface area (Å²) in [7, 11) is -4.38. The number of fused-ring (bicyclic) bond motifs is 1. The molecular formula is C14H19O3S-. The van der Waals surface area contributed by atoms with Gasteiger partial charge in [-0.15, -0.1) is 0 Å². The van der Waals surface area contributed by atoms with E-state index in [1.165, 1.54) is 6.07 Å². The Hall–Kier alpha value is -1.39. The van der Waals surface area contributed by atoms with Gasteiger partial charge in [-0.2, -0.15) is 0 Å². The van der Waals surface area contributed by atoms with Crippen LogP contribution in [0.3, 0.4) is 0 Å². The second kappa shape index (κ2) is 7.84. The summed E-state index contributed by atoms with van der Waals surface area (Å²) in [4.78, 5) is -0.157. The van der Waals surface area contributed by atoms with Gasteiger partial charge in [-0.3, -0.25) is 0 Å². The van der Waals surface area contributed by atoms with E-state index in [9.17, 15) is 13.0 Å². The first kappa shape index (κ1) is 16.6. The minimum Gasteiger partial charge on any atom is -0.744 e. The van der Waals surface area contributed by atoms with E-state index < -0.39 is 10.1 Å². The summed E-state index contributed by atoms with van der Waals surface area (Å²) < 4.78 is 32.7. The third kappa shape index (κ3) is 4.13. The summed E-state index contributed by atoms with van der Waals surface area (Å²) >= 11 is 0. The van der Waals surface area contributed by atoms with Crippen LogP contribution in [0.4, 0.5) is 0 Å². The van der Waals surface area contributed by atoms with Crippen molar-refractivity contribution in [2.45, 2.75) is 32.6 Å². The highest BCUT2D eigenvalue weighted by molar-refractivity contribution is 7.86. The molecule has 0 amide bonds. The van der Waals surface area contributed by atoms with Gasteiger partial charge in [0.15, 0.2) is 0 Å². The Morgan fingerprint density at radius 2 is 1.33 bits per heavy atom. The molecule has 18 heavy (non-hydrogen) atoms. The molecule has 0 spiro atoms. The van der Waals surface area contributed by atoms with Gasteiger partial charge >= 0.3 is 0 Å². The van der Waals surface area contributed by atoms with Gasteiger partial charge in [0.05, 0.1) is 4.90 Å². The average molecular weight is 267 g/mol. The van der Waals surface area contributed by atoms with Crippen molar-refractivity contribution in [3.63, 3.8) is 0 Å². The molecule has 3 nitrogen and oxygen atoms in total. The molecule has 0 fully saturated rings. The lowest BCUT2D eigenvalue weighted by atomic mass is 10.1. The lowest BCUT2D eigenvalue weighted by Crippen LogP contribution is -1.98. The zero-order chi connectivity index (χ0) is 14.2. The van der Waals surface area contributed by atoms with Crippen LogP contribution in [-0.2, 0) is 10.1 Å². The Balaban J connectivity index is 0.000000659. The molecule has 0 saturated heterocycles. The van der Waals surface area contributed by atoms with Crippen molar-refractivity contribution >= 4 is 20.9 Å². The van der Waals surface area contributed by atoms with Gasteiger partial charge in [-0.05, 0) is 16.8 Å². The second-order valence-corrected chi connectivity index (χ2v) is 4.28. The topological polar surface area (TPSA) is 57.2 Å². The van der Waals surface area contributed by atoms with Crippen LogP contribution in [0.15, 0.2) is 47.4 Å². The van der Waals surface area contributed by atoms with Crippen molar-refractivity contribution in [1.82, 2.24) is 0 Å². The number of hydrogen-bond acceptors (Lipinski definition) is 3. The van der Waals surface area contributed by atoms with Gasteiger partial charge in [0.25, 0.3) is 0 Å². The normalized spacial score (nSPS) is 9.83. The molecule has 0 aromatic heterocycles. The van der Waals surface area contributed by atoms with E-state index in [1.54, 1.807) is 36.4 Å². The van der Waals surface area contributed by atoms with Gasteiger partial charge in [0.2, 0.25) is 0 Å². The molecule has 2 rings (SSSR count). The Bertz CT molecular complexity index is 569. The monoisotopic (exact) mass is 267 g/mol. The first-order valence-corrected chi connectivity index (χ1v) is 7.43. The van der Waals surface area contributed by atoms with Crippen molar-refractivity contribution in [1.29, 1.82) is 0 Å². The van der Waals surface area contributed by atoms with E-state index in [0.717, 1.165) is 5.39 Å². The zero-order valence-electron chi connectivity index (χ0n) is 11.2. The second-order valence-electron chi connectivity index (χ2n) is 2.93. The minimum absolute atomic E-state index is 0.157. The van der Waals surface area contributed by atoms with E-state index in [-0.39, 0.29) is 4.90 Å². The van der Waals surface area contributed by atoms with Crippen molar-refractivity contribution in [2.24, 2.45) is 0 Å². The molecule has 0 aliphatic rings. The number of rotatable bonds is 1. The van der Waals surface area contributed by atoms with E-state index in [1.807, 2.05) is 27.7 Å². The maximum atomic E-state index is 10.9. The van der Waals surface area contributed by atoms with Crippen LogP contribution in [0.25, 0.3) is 10.8 Å². The minimum atomic E-state index is -4.38. The van der Waals surface area contributed by atoms with Gasteiger partial charge in [-0.25, -0.2) is 8.42 Å². The molecule has 0 radical (unpaired) electrons. The van der Waals surface area contributed by atoms with Crippen molar-refractivity contribution < 1.29 is 13.0 Å². The molecule has 0 atom stereocenters. The van der Waals surface area contributed by atoms with Crippen LogP contribution in [-0.4, -0.2) is 13.0 Å². The summed E-state index contributed by atoms with van der Waals surface area (Å²) in [5.41, 5.74) is 0. The summed E-state index contributed by atoms with van der Waals surface area (Å²) in [5, 5.41) is 1.23. The van der Waals surface area contributed by atoms with Crippen LogP contribution in [0.5, 0.6) is 0 Å². The third-order valence-electron chi connectivity index (χ3n) is 2.02. The van der Waals surface area contributed by atoms with E-state index in [2.05, 4.69) is 0 Å². The van der Waals surface area contributed by atoms with Gasteiger partial charge in [0.1, 0.15) is 10.1 Å². The van der Waals surface area contributed by atoms with Crippen LogP contribution in [0, 0.1) is 0 Å². The maximum absolute atomic E-state index is 10.9. The van der Waals surface area contributed by atoms with Gasteiger partial charge in [0, 0.05) is 0 Å². The Morgan fingerprint density at radius 1 is 0.833 bits per heavy atom. The average Bonchev–Trinajstić information content (AvgIpc) is 2.41. The molecule has 100 valence electrons. The molecule has 0 bridgehead atoms. The van der Waals surface area contributed by atoms with Crippen LogP contribution < -0.4 is 0 Å². The predicted octanol–water partition coefficient (Wildman–Crippen LogP) is 3.80. The Morgan fingerprint density at radius 3 is 1.89 bits per heavy atom. The fraction of sp³-hybridized carbons (Fsp3) is 0.286. The quantitative estimate of drug-likeness (QED) is 0.738. The van der Waals surface area contributed by atoms with Crippen molar-refractivity contribution in [3.8, 4) is 0 Å². The van der Waals surface area contributed by atoms with E-state index >= 15 is 0 Å². The maximum Gasteiger partial charge on any atom is 0.125 e. The lowest BCUT2D eigenvalue weighted by Gasteiger charge is -2.09. The first-order valence-electron chi connectivity index (χ1n) is 6.03. The third-order valence-corrected chi connectivity index (χ3v) is 2.91. The molecule has 0 N–H and O–H groups in total. The first-order chi connectivity index (χ1) is 8.59. The summed E-state index contributed by atoms with van der Waals surface area (Å²) in [5.74, 6) is 0. The van der Waals surface area contributed by atoms with Crippen LogP contribution in [0.2, 0.25) is 0 Å². The largest absolute Gasteiger partial charge is 0.744 e. The lowest BCUT2D eigenvalue weighted by molar-refractivity contribution is 0.464. The molecule has 0 unspecified atom stereocenters. The standard InChI is InChI=1S/C10H8O3S.2C2H6/c11-14(12,13)10-7-3-5-8-4-1-2-6-9(8)10;2*1-2/h1-7H,(H,11,12,13);2*1-2H3/p-1. The molecular weight excluding hydrogens is 248 g/mol. The highest BCUT2D eigenvalue weighted by Crippen LogP contribution is 2.21. The molecule has 0 aliphatic carbocycles. The molecule has 0 saturated carbocycles. The smallest absolute Gasteiger partial charge is 0.125 e. The Labute approximate surface area is 109 Å². The van der Waals surface area contributed by atoms with Crippen molar-refractivity contribution in [2.75, 3.05) is 0 Å². The van der Waals surface area contributed by atoms with Gasteiger partial charge < -0.3 is 4.55 Å². The van der Waals surface area contributed by atoms with E-state index in [4.69, 9.17) is 0 Å². The van der Waals surface area contributed by atoms with Crippen molar-refractivity contribution in [3.05, 3.63) is 42.5 Å². The number of hydrogen-bond donors (Lipinski definition) is 0. The molecule has 0 aliphatic heterocycles. The predicted molar refractivity (Wildman–Crippen MR) is 74.6 cm³/mol.